The summed E-state index contributed by atoms with van der Waals surface area (Å²) >= 11 is 3.41. The molecule has 0 aromatic heterocycles. The highest BCUT2D eigenvalue weighted by molar-refractivity contribution is 9.10. The molecule has 22 heavy (non-hydrogen) atoms. The number of ether oxygens (including phenoxy) is 1. The Morgan fingerprint density at radius 3 is 2.55 bits per heavy atom. The van der Waals surface area contributed by atoms with Crippen LogP contribution in [0.2, 0.25) is 0 Å². The summed E-state index contributed by atoms with van der Waals surface area (Å²) in [7, 11) is 0. The Morgan fingerprint density at radius 2 is 2.05 bits per heavy atom. The molecular weight excluding hydrogens is 344 g/mol. The molecule has 1 aromatic rings. The molecule has 3 unspecified atom stereocenters. The number of hydrogen-bond donors (Lipinski definition) is 2. The van der Waals surface area contributed by atoms with Crippen molar-refractivity contribution in [1.82, 2.24) is 5.32 Å². The molecule has 1 amide bonds. The van der Waals surface area contributed by atoms with Crippen LogP contribution in [0.5, 0.6) is 0 Å². The van der Waals surface area contributed by atoms with Gasteiger partial charge < -0.3 is 15.8 Å². The second-order valence-electron chi connectivity index (χ2n) is 6.59. The third-order valence-electron chi connectivity index (χ3n) is 4.95. The summed E-state index contributed by atoms with van der Waals surface area (Å²) in [6.07, 6.45) is 0.600. The van der Waals surface area contributed by atoms with Gasteiger partial charge in [0.1, 0.15) is 5.54 Å². The number of nitrogens with one attached hydrogen (secondary N) is 1. The summed E-state index contributed by atoms with van der Waals surface area (Å²) in [6.45, 7) is 8.57. The second-order valence-corrected chi connectivity index (χ2v) is 7.50. The van der Waals surface area contributed by atoms with E-state index in [2.05, 4.69) is 21.2 Å². The molecule has 3 N–H and O–H groups in total. The summed E-state index contributed by atoms with van der Waals surface area (Å²) in [5.74, 6) is -0.108. The standard InChI is InChI=1S/C17H25BrN2O2/c1-5-22-14-10-17(19,16(14,3)4)15(21)20-11(2)12-6-8-13(18)9-7-12/h6-9,11,14H,5,10,19H2,1-4H3,(H,20,21). The van der Waals surface area contributed by atoms with E-state index < -0.39 is 5.54 Å². The van der Waals surface area contributed by atoms with Gasteiger partial charge in [0.05, 0.1) is 12.1 Å². The van der Waals surface area contributed by atoms with Crippen LogP contribution in [0.1, 0.15) is 45.7 Å². The molecule has 2 rings (SSSR count). The van der Waals surface area contributed by atoms with Crippen LogP contribution < -0.4 is 11.1 Å². The van der Waals surface area contributed by atoms with Crippen molar-refractivity contribution in [3.05, 3.63) is 34.3 Å². The van der Waals surface area contributed by atoms with Gasteiger partial charge in [0, 0.05) is 22.9 Å². The minimum Gasteiger partial charge on any atom is -0.378 e. The van der Waals surface area contributed by atoms with E-state index in [0.29, 0.717) is 13.0 Å². The maximum absolute atomic E-state index is 12.7. The van der Waals surface area contributed by atoms with Crippen LogP contribution in [-0.4, -0.2) is 24.2 Å². The molecule has 1 aliphatic rings. The number of benzene rings is 1. The third-order valence-corrected chi connectivity index (χ3v) is 5.48. The Bertz CT molecular complexity index is 544. The predicted octanol–water partition coefficient (Wildman–Crippen LogP) is 3.16. The molecule has 0 radical (unpaired) electrons. The minimum absolute atomic E-state index is 0.0382. The largest absolute Gasteiger partial charge is 0.378 e. The molecule has 1 aliphatic carbocycles. The Balaban J connectivity index is 2.04. The van der Waals surface area contributed by atoms with Crippen LogP contribution in [-0.2, 0) is 9.53 Å². The zero-order valence-corrected chi connectivity index (χ0v) is 15.2. The average molecular weight is 369 g/mol. The topological polar surface area (TPSA) is 64.3 Å². The van der Waals surface area contributed by atoms with Crippen LogP contribution in [0.3, 0.4) is 0 Å². The maximum atomic E-state index is 12.7. The van der Waals surface area contributed by atoms with Crippen LogP contribution in [0.15, 0.2) is 28.7 Å². The van der Waals surface area contributed by atoms with Gasteiger partial charge in [0.2, 0.25) is 5.91 Å². The van der Waals surface area contributed by atoms with Crippen molar-refractivity contribution >= 4 is 21.8 Å². The number of carbonyl (C=O) groups excluding carboxylic acids is 1. The molecule has 122 valence electrons. The summed E-state index contributed by atoms with van der Waals surface area (Å²) in [6, 6.07) is 7.84. The van der Waals surface area contributed by atoms with Gasteiger partial charge in [-0.15, -0.1) is 0 Å². The highest BCUT2D eigenvalue weighted by atomic mass is 79.9. The number of amides is 1. The lowest BCUT2D eigenvalue weighted by Crippen LogP contribution is -2.75. The van der Waals surface area contributed by atoms with Gasteiger partial charge in [0.15, 0.2) is 0 Å². The highest BCUT2D eigenvalue weighted by Gasteiger charge is 2.62. The van der Waals surface area contributed by atoms with E-state index in [-0.39, 0.29) is 23.5 Å². The molecule has 1 aromatic carbocycles. The van der Waals surface area contributed by atoms with Crippen molar-refractivity contribution in [2.75, 3.05) is 6.61 Å². The molecule has 3 atom stereocenters. The molecule has 0 spiro atoms. The Morgan fingerprint density at radius 1 is 1.45 bits per heavy atom. The molecular formula is C17H25BrN2O2. The number of nitrogens with two attached hydrogens (primary N) is 1. The average Bonchev–Trinajstić information content (AvgIpc) is 2.47. The van der Waals surface area contributed by atoms with Crippen molar-refractivity contribution < 1.29 is 9.53 Å². The van der Waals surface area contributed by atoms with E-state index in [1.54, 1.807) is 0 Å². The Hall–Kier alpha value is -0.910. The lowest BCUT2D eigenvalue weighted by atomic mass is 9.54. The van der Waals surface area contributed by atoms with Crippen molar-refractivity contribution in [2.24, 2.45) is 11.1 Å². The van der Waals surface area contributed by atoms with E-state index in [4.69, 9.17) is 10.5 Å². The zero-order chi connectivity index (χ0) is 16.5. The fourth-order valence-electron chi connectivity index (χ4n) is 2.98. The predicted molar refractivity (Wildman–Crippen MR) is 91.4 cm³/mol. The third kappa shape index (κ3) is 2.94. The van der Waals surface area contributed by atoms with Gasteiger partial charge in [-0.3, -0.25) is 4.79 Å². The first kappa shape index (κ1) is 17.4. The van der Waals surface area contributed by atoms with Gasteiger partial charge in [-0.05, 0) is 31.5 Å². The van der Waals surface area contributed by atoms with Gasteiger partial charge in [0.25, 0.3) is 0 Å². The highest BCUT2D eigenvalue weighted by Crippen LogP contribution is 2.50. The van der Waals surface area contributed by atoms with Crippen LogP contribution in [0.25, 0.3) is 0 Å². The molecule has 1 saturated carbocycles. The van der Waals surface area contributed by atoms with E-state index >= 15 is 0 Å². The van der Waals surface area contributed by atoms with Crippen LogP contribution >= 0.6 is 15.9 Å². The number of rotatable bonds is 5. The monoisotopic (exact) mass is 368 g/mol. The van der Waals surface area contributed by atoms with Crippen molar-refractivity contribution in [3.8, 4) is 0 Å². The molecule has 0 saturated heterocycles. The van der Waals surface area contributed by atoms with Gasteiger partial charge >= 0.3 is 0 Å². The normalized spacial score (nSPS) is 27.8. The van der Waals surface area contributed by atoms with E-state index in [1.807, 2.05) is 52.0 Å². The number of hydrogen-bond acceptors (Lipinski definition) is 3. The zero-order valence-electron chi connectivity index (χ0n) is 13.7. The van der Waals surface area contributed by atoms with Crippen molar-refractivity contribution in [2.45, 2.75) is 51.8 Å². The van der Waals surface area contributed by atoms with Crippen LogP contribution in [0.4, 0.5) is 0 Å². The van der Waals surface area contributed by atoms with Gasteiger partial charge in [-0.25, -0.2) is 0 Å². The molecule has 1 fully saturated rings. The fourth-order valence-corrected chi connectivity index (χ4v) is 3.25. The summed E-state index contributed by atoms with van der Waals surface area (Å²) in [5.41, 5.74) is 6.20. The van der Waals surface area contributed by atoms with Gasteiger partial charge in [-0.1, -0.05) is 41.9 Å². The fraction of sp³-hybridized carbons (Fsp3) is 0.588. The summed E-state index contributed by atoms with van der Waals surface area (Å²) in [5, 5.41) is 3.04. The lowest BCUT2D eigenvalue weighted by Gasteiger charge is -2.57. The lowest BCUT2D eigenvalue weighted by molar-refractivity contribution is -0.171. The SMILES string of the molecule is CCOC1CC(N)(C(=O)NC(C)c2ccc(Br)cc2)C1(C)C. The number of carbonyl (C=O) groups is 1. The van der Waals surface area contributed by atoms with Gasteiger partial charge in [-0.2, -0.15) is 0 Å². The van der Waals surface area contributed by atoms with Crippen molar-refractivity contribution in [3.63, 3.8) is 0 Å². The quantitative estimate of drug-likeness (QED) is 0.838. The summed E-state index contributed by atoms with van der Waals surface area (Å²) in [4.78, 5) is 12.7. The molecule has 5 heteroatoms. The Kier molecular flexibility index (Phi) is 5.00. The van der Waals surface area contributed by atoms with E-state index in [0.717, 1.165) is 10.0 Å². The Labute approximate surface area is 140 Å². The first-order chi connectivity index (χ1) is 10.2. The molecule has 0 heterocycles. The molecule has 4 nitrogen and oxygen atoms in total. The van der Waals surface area contributed by atoms with Crippen molar-refractivity contribution in [1.29, 1.82) is 0 Å². The van der Waals surface area contributed by atoms with E-state index in [9.17, 15) is 4.79 Å². The minimum atomic E-state index is -0.879. The molecule has 0 bridgehead atoms. The maximum Gasteiger partial charge on any atom is 0.241 e. The van der Waals surface area contributed by atoms with E-state index in [1.165, 1.54) is 0 Å². The van der Waals surface area contributed by atoms with Crippen LogP contribution in [0, 0.1) is 5.41 Å². The second kappa shape index (κ2) is 6.30. The smallest absolute Gasteiger partial charge is 0.241 e. The first-order valence-corrected chi connectivity index (χ1v) is 8.48. The molecule has 0 aliphatic heterocycles. The summed E-state index contributed by atoms with van der Waals surface area (Å²) < 4.78 is 6.69. The first-order valence-electron chi connectivity index (χ1n) is 7.69. The number of halogens is 1.